The maximum atomic E-state index is 13.1. The minimum absolute atomic E-state index is 0.124. The Hall–Kier alpha value is -2.52. The number of fused-ring (bicyclic) bond motifs is 1. The third-order valence-electron chi connectivity index (χ3n) is 9.23. The molecule has 204 valence electrons. The lowest BCUT2D eigenvalue weighted by Crippen LogP contribution is -2.48. The monoisotopic (exact) mass is 520 g/mol. The number of nitrogen functional groups attached to an aromatic ring is 1. The number of nitrogens with one attached hydrogen (secondary N) is 1. The fourth-order valence-electron chi connectivity index (χ4n) is 6.79. The number of ether oxygens (including phenoxy) is 2. The molecule has 4 fully saturated rings. The van der Waals surface area contributed by atoms with Gasteiger partial charge in [0.2, 0.25) is 0 Å². The predicted octanol–water partition coefficient (Wildman–Crippen LogP) is 3.13. The molecule has 1 saturated carbocycles. The van der Waals surface area contributed by atoms with Crippen LogP contribution in [0.1, 0.15) is 61.9 Å². The number of amides is 1. The van der Waals surface area contributed by atoms with E-state index in [1.165, 1.54) is 18.5 Å². The Morgan fingerprint density at radius 3 is 2.61 bits per heavy atom. The predicted molar refractivity (Wildman–Crippen MR) is 146 cm³/mol. The summed E-state index contributed by atoms with van der Waals surface area (Å²) in [5.41, 5.74) is 9.21. The summed E-state index contributed by atoms with van der Waals surface area (Å²) in [6.45, 7) is 8.00. The summed E-state index contributed by atoms with van der Waals surface area (Å²) in [6, 6.07) is 11.2. The second-order valence-corrected chi connectivity index (χ2v) is 12.3. The molecule has 0 bridgehead atoms. The Balaban J connectivity index is 1.11. The normalized spacial score (nSPS) is 30.1. The van der Waals surface area contributed by atoms with Crippen LogP contribution in [-0.4, -0.2) is 77.6 Å². The molecule has 1 amide bonds. The van der Waals surface area contributed by atoms with Crippen LogP contribution in [0.5, 0.6) is 0 Å². The molecule has 0 spiro atoms. The summed E-state index contributed by atoms with van der Waals surface area (Å²) in [5.74, 6) is 0.725. The molecule has 6 rings (SSSR count). The number of benzene rings is 1. The highest BCUT2D eigenvalue weighted by atomic mass is 16.5. The first-order chi connectivity index (χ1) is 18.2. The average molecular weight is 521 g/mol. The van der Waals surface area contributed by atoms with Gasteiger partial charge in [0.15, 0.2) is 0 Å². The molecule has 0 unspecified atom stereocenters. The van der Waals surface area contributed by atoms with E-state index < -0.39 is 5.60 Å². The third-order valence-corrected chi connectivity index (χ3v) is 9.23. The van der Waals surface area contributed by atoms with E-state index in [1.807, 2.05) is 6.07 Å². The Labute approximate surface area is 224 Å². The molecule has 8 heteroatoms. The number of aromatic nitrogens is 1. The number of hydrogen-bond acceptors (Lipinski definition) is 7. The SMILES string of the molecule is CC(C)(O)[C@@H]1CC[C@@H](NC(=O)c2cc(-c3ccc([C@@]45C[C@@H]4CN(C4CCOCC4)C5)cc3)cnc2N)CO1. The molecule has 1 aromatic heterocycles. The Bertz CT molecular complexity index is 1170. The largest absolute Gasteiger partial charge is 0.388 e. The summed E-state index contributed by atoms with van der Waals surface area (Å²) in [5, 5.41) is 13.2. The molecule has 3 aliphatic heterocycles. The fraction of sp³-hybridized carbons (Fsp3) is 0.600. The minimum Gasteiger partial charge on any atom is -0.388 e. The number of anilines is 1. The van der Waals surface area contributed by atoms with Gasteiger partial charge in [-0.05, 0) is 69.1 Å². The second kappa shape index (κ2) is 9.90. The highest BCUT2D eigenvalue weighted by Gasteiger charge is 2.61. The van der Waals surface area contributed by atoms with Crippen LogP contribution in [0.4, 0.5) is 5.82 Å². The zero-order valence-corrected chi connectivity index (χ0v) is 22.5. The summed E-state index contributed by atoms with van der Waals surface area (Å²) in [4.78, 5) is 20.1. The molecule has 0 radical (unpaired) electrons. The number of hydrogen-bond donors (Lipinski definition) is 3. The molecule has 1 aromatic carbocycles. The highest BCUT2D eigenvalue weighted by Crippen LogP contribution is 2.59. The summed E-state index contributed by atoms with van der Waals surface area (Å²) in [6.07, 6.45) is 6.51. The van der Waals surface area contributed by atoms with Gasteiger partial charge in [0.1, 0.15) is 5.82 Å². The quantitative estimate of drug-likeness (QED) is 0.537. The van der Waals surface area contributed by atoms with Gasteiger partial charge >= 0.3 is 0 Å². The molecule has 1 aliphatic carbocycles. The lowest BCUT2D eigenvalue weighted by Gasteiger charge is -2.36. The lowest BCUT2D eigenvalue weighted by atomic mass is 9.92. The third kappa shape index (κ3) is 4.95. The van der Waals surface area contributed by atoms with E-state index in [-0.39, 0.29) is 23.9 Å². The fourth-order valence-corrected chi connectivity index (χ4v) is 6.79. The summed E-state index contributed by atoms with van der Waals surface area (Å²) >= 11 is 0. The van der Waals surface area contributed by atoms with Gasteiger partial charge in [0.05, 0.1) is 29.9 Å². The van der Waals surface area contributed by atoms with Gasteiger partial charge in [-0.25, -0.2) is 4.98 Å². The van der Waals surface area contributed by atoms with Crippen molar-refractivity contribution in [2.45, 2.75) is 75.2 Å². The Kier molecular flexibility index (Phi) is 6.71. The van der Waals surface area contributed by atoms with Gasteiger partial charge in [0.25, 0.3) is 5.91 Å². The van der Waals surface area contributed by atoms with Crippen molar-refractivity contribution in [2.75, 3.05) is 38.6 Å². The first-order valence-corrected chi connectivity index (χ1v) is 14.1. The van der Waals surface area contributed by atoms with E-state index >= 15 is 0 Å². The molecular formula is C30H40N4O4. The van der Waals surface area contributed by atoms with E-state index in [9.17, 15) is 9.90 Å². The Morgan fingerprint density at radius 2 is 1.92 bits per heavy atom. The van der Waals surface area contributed by atoms with Gasteiger partial charge in [-0.15, -0.1) is 0 Å². The minimum atomic E-state index is -0.894. The molecule has 4 atom stereocenters. The molecule has 4 N–H and O–H groups in total. The second-order valence-electron chi connectivity index (χ2n) is 12.3. The number of carbonyl (C=O) groups is 1. The van der Waals surface area contributed by atoms with Crippen LogP contribution in [0.25, 0.3) is 11.1 Å². The maximum absolute atomic E-state index is 13.1. The topological polar surface area (TPSA) is 110 Å². The van der Waals surface area contributed by atoms with Crippen molar-refractivity contribution in [3.8, 4) is 11.1 Å². The van der Waals surface area contributed by atoms with E-state index in [4.69, 9.17) is 15.2 Å². The summed E-state index contributed by atoms with van der Waals surface area (Å²) < 4.78 is 11.4. The first-order valence-electron chi connectivity index (χ1n) is 14.1. The smallest absolute Gasteiger partial charge is 0.255 e. The van der Waals surface area contributed by atoms with Gasteiger partial charge in [0, 0.05) is 49.5 Å². The van der Waals surface area contributed by atoms with Crippen molar-refractivity contribution < 1.29 is 19.4 Å². The van der Waals surface area contributed by atoms with E-state index in [0.29, 0.717) is 30.0 Å². The van der Waals surface area contributed by atoms with Crippen LogP contribution in [0.3, 0.4) is 0 Å². The standard InChI is InChI=1S/C30H40N4O4/c1-29(2,36)26-8-7-23(17-38-26)33-28(35)25-13-20(15-32-27(25)31)19-3-5-21(6-4-19)30-14-22(30)16-34(18-30)24-9-11-37-12-10-24/h3-6,13,15,22-24,26,36H,7-12,14,16-18H2,1-2H3,(H2,31,32)(H,33,35)/t22-,23-,26+,30+/m1/s1. The van der Waals surface area contributed by atoms with Gasteiger partial charge in [-0.2, -0.15) is 0 Å². The average Bonchev–Trinajstić information content (AvgIpc) is 3.49. The van der Waals surface area contributed by atoms with Crippen LogP contribution < -0.4 is 11.1 Å². The number of carbonyl (C=O) groups excluding carboxylic acids is 1. The van der Waals surface area contributed by atoms with Crippen LogP contribution in [-0.2, 0) is 14.9 Å². The van der Waals surface area contributed by atoms with Gasteiger partial charge in [-0.1, -0.05) is 24.3 Å². The van der Waals surface area contributed by atoms with Crippen molar-refractivity contribution in [3.63, 3.8) is 0 Å². The van der Waals surface area contributed by atoms with Crippen LogP contribution in [0.2, 0.25) is 0 Å². The molecule has 4 aliphatic rings. The number of piperidine rings is 1. The zero-order valence-electron chi connectivity index (χ0n) is 22.5. The molecule has 3 saturated heterocycles. The first kappa shape index (κ1) is 25.7. The van der Waals surface area contributed by atoms with Crippen molar-refractivity contribution in [3.05, 3.63) is 47.7 Å². The lowest BCUT2D eigenvalue weighted by molar-refractivity contribution is -0.114. The molecule has 2 aromatic rings. The Morgan fingerprint density at radius 1 is 1.16 bits per heavy atom. The van der Waals surface area contributed by atoms with Crippen molar-refractivity contribution in [2.24, 2.45) is 5.92 Å². The van der Waals surface area contributed by atoms with Crippen molar-refractivity contribution in [1.29, 1.82) is 0 Å². The van der Waals surface area contributed by atoms with Crippen LogP contribution >= 0.6 is 0 Å². The maximum Gasteiger partial charge on any atom is 0.255 e. The van der Waals surface area contributed by atoms with Gasteiger partial charge < -0.3 is 25.6 Å². The molecule has 4 heterocycles. The van der Waals surface area contributed by atoms with Crippen LogP contribution in [0, 0.1) is 5.92 Å². The number of nitrogens with two attached hydrogens (primary N) is 1. The van der Waals surface area contributed by atoms with Crippen molar-refractivity contribution >= 4 is 11.7 Å². The van der Waals surface area contributed by atoms with Crippen LogP contribution in [0.15, 0.2) is 36.5 Å². The number of likely N-dealkylation sites (tertiary alicyclic amines) is 1. The van der Waals surface area contributed by atoms with E-state index in [1.54, 1.807) is 20.0 Å². The number of aliphatic hydroxyl groups is 1. The van der Waals surface area contributed by atoms with E-state index in [2.05, 4.69) is 39.5 Å². The van der Waals surface area contributed by atoms with Crippen molar-refractivity contribution in [1.82, 2.24) is 15.2 Å². The van der Waals surface area contributed by atoms with E-state index in [0.717, 1.165) is 56.1 Å². The number of nitrogens with zero attached hydrogens (tertiary/aromatic N) is 2. The molecule has 38 heavy (non-hydrogen) atoms. The number of pyridine rings is 1. The highest BCUT2D eigenvalue weighted by molar-refractivity contribution is 5.99. The summed E-state index contributed by atoms with van der Waals surface area (Å²) in [7, 11) is 0. The number of rotatable bonds is 6. The zero-order chi connectivity index (χ0) is 26.5. The molecule has 8 nitrogen and oxygen atoms in total. The molecular weight excluding hydrogens is 480 g/mol. The van der Waals surface area contributed by atoms with Gasteiger partial charge in [-0.3, -0.25) is 9.69 Å².